The van der Waals surface area contributed by atoms with Crippen LogP contribution < -0.4 is 15.6 Å². The van der Waals surface area contributed by atoms with Gasteiger partial charge < -0.3 is 15.0 Å². The first kappa shape index (κ1) is 11.9. The minimum Gasteiger partial charge on any atom is -0.496 e. The van der Waals surface area contributed by atoms with Crippen LogP contribution in [0.1, 0.15) is 10.4 Å². The molecular weight excluding hydrogens is 232 g/mol. The predicted molar refractivity (Wildman–Crippen MR) is 68.0 cm³/mol. The SMILES string of the molecule is COc1ccccc1C(=O)Nc1ccc(=O)[nH]c1. The Morgan fingerprint density at radius 3 is 2.67 bits per heavy atom. The lowest BCUT2D eigenvalue weighted by atomic mass is 10.2. The number of aromatic amines is 1. The van der Waals surface area contributed by atoms with Crippen LogP contribution in [0.15, 0.2) is 47.4 Å². The fourth-order valence-electron chi connectivity index (χ4n) is 1.52. The molecule has 92 valence electrons. The normalized spacial score (nSPS) is 9.83. The minimum absolute atomic E-state index is 0.217. The van der Waals surface area contributed by atoms with E-state index in [2.05, 4.69) is 10.3 Å². The number of hydrogen-bond donors (Lipinski definition) is 2. The van der Waals surface area contributed by atoms with Crippen molar-refractivity contribution in [1.29, 1.82) is 0 Å². The number of nitrogens with one attached hydrogen (secondary N) is 2. The zero-order chi connectivity index (χ0) is 13.0. The lowest BCUT2D eigenvalue weighted by Gasteiger charge is -2.08. The molecule has 2 aromatic rings. The number of anilines is 1. The summed E-state index contributed by atoms with van der Waals surface area (Å²) in [7, 11) is 1.51. The zero-order valence-electron chi connectivity index (χ0n) is 9.77. The molecule has 0 spiro atoms. The third kappa shape index (κ3) is 2.57. The topological polar surface area (TPSA) is 71.2 Å². The second kappa shape index (κ2) is 5.18. The van der Waals surface area contributed by atoms with Crippen molar-refractivity contribution in [3.63, 3.8) is 0 Å². The Labute approximate surface area is 103 Å². The summed E-state index contributed by atoms with van der Waals surface area (Å²) in [6.07, 6.45) is 1.44. The van der Waals surface area contributed by atoms with E-state index >= 15 is 0 Å². The van der Waals surface area contributed by atoms with Gasteiger partial charge in [0.1, 0.15) is 5.75 Å². The molecule has 0 aliphatic heterocycles. The first-order valence-electron chi connectivity index (χ1n) is 5.34. The van der Waals surface area contributed by atoms with Crippen molar-refractivity contribution in [3.8, 4) is 5.75 Å². The molecule has 18 heavy (non-hydrogen) atoms. The fraction of sp³-hybridized carbons (Fsp3) is 0.0769. The maximum atomic E-state index is 12.0. The van der Waals surface area contributed by atoms with Crippen LogP contribution in [0, 0.1) is 0 Å². The molecule has 1 aromatic carbocycles. The molecule has 1 amide bonds. The average molecular weight is 244 g/mol. The Kier molecular flexibility index (Phi) is 3.43. The van der Waals surface area contributed by atoms with Gasteiger partial charge in [-0.3, -0.25) is 9.59 Å². The molecule has 5 heteroatoms. The van der Waals surface area contributed by atoms with Gasteiger partial charge in [-0.05, 0) is 18.2 Å². The number of aromatic nitrogens is 1. The number of pyridine rings is 1. The number of H-pyrrole nitrogens is 1. The predicted octanol–water partition coefficient (Wildman–Crippen LogP) is 1.64. The first-order valence-corrected chi connectivity index (χ1v) is 5.34. The quantitative estimate of drug-likeness (QED) is 0.862. The molecule has 0 atom stereocenters. The van der Waals surface area contributed by atoms with Crippen LogP contribution in [0.4, 0.5) is 5.69 Å². The van der Waals surface area contributed by atoms with E-state index in [1.165, 1.54) is 25.4 Å². The van der Waals surface area contributed by atoms with Gasteiger partial charge in [-0.1, -0.05) is 12.1 Å². The monoisotopic (exact) mass is 244 g/mol. The van der Waals surface area contributed by atoms with Gasteiger partial charge in [0, 0.05) is 12.3 Å². The van der Waals surface area contributed by atoms with E-state index in [1.807, 2.05) is 0 Å². The summed E-state index contributed by atoms with van der Waals surface area (Å²) in [5.74, 6) is 0.207. The standard InChI is InChI=1S/C13H12N2O3/c1-18-11-5-3-2-4-10(11)13(17)15-9-6-7-12(16)14-8-9/h2-8H,1H3,(H,14,16)(H,15,17). The molecule has 0 bridgehead atoms. The number of para-hydroxylation sites is 1. The Balaban J connectivity index is 2.21. The van der Waals surface area contributed by atoms with Crippen LogP contribution in [-0.4, -0.2) is 18.0 Å². The van der Waals surface area contributed by atoms with Gasteiger partial charge in [-0.25, -0.2) is 0 Å². The molecule has 0 aliphatic rings. The molecule has 0 unspecified atom stereocenters. The van der Waals surface area contributed by atoms with E-state index < -0.39 is 0 Å². The lowest BCUT2D eigenvalue weighted by Crippen LogP contribution is -2.14. The van der Waals surface area contributed by atoms with Gasteiger partial charge >= 0.3 is 0 Å². The summed E-state index contributed by atoms with van der Waals surface area (Å²) in [6.45, 7) is 0. The van der Waals surface area contributed by atoms with Crippen molar-refractivity contribution in [2.75, 3.05) is 12.4 Å². The molecule has 0 saturated carbocycles. The van der Waals surface area contributed by atoms with Crippen LogP contribution in [0.5, 0.6) is 5.75 Å². The van der Waals surface area contributed by atoms with Gasteiger partial charge in [0.05, 0.1) is 18.4 Å². The Hall–Kier alpha value is -2.56. The van der Waals surface area contributed by atoms with Crippen molar-refractivity contribution in [1.82, 2.24) is 4.98 Å². The van der Waals surface area contributed by atoms with E-state index in [-0.39, 0.29) is 11.5 Å². The van der Waals surface area contributed by atoms with Crippen LogP contribution in [-0.2, 0) is 0 Å². The lowest BCUT2D eigenvalue weighted by molar-refractivity contribution is 0.102. The molecule has 2 rings (SSSR count). The van der Waals surface area contributed by atoms with Gasteiger partial charge in [0.2, 0.25) is 5.56 Å². The highest BCUT2D eigenvalue weighted by Gasteiger charge is 2.11. The summed E-state index contributed by atoms with van der Waals surface area (Å²) in [4.78, 5) is 25.4. The van der Waals surface area contributed by atoms with E-state index in [1.54, 1.807) is 24.3 Å². The number of benzene rings is 1. The zero-order valence-corrected chi connectivity index (χ0v) is 9.77. The van der Waals surface area contributed by atoms with E-state index in [0.29, 0.717) is 17.0 Å². The number of hydrogen-bond acceptors (Lipinski definition) is 3. The van der Waals surface area contributed by atoms with E-state index in [4.69, 9.17) is 4.74 Å². The van der Waals surface area contributed by atoms with Crippen LogP contribution in [0.25, 0.3) is 0 Å². The van der Waals surface area contributed by atoms with Crippen LogP contribution >= 0.6 is 0 Å². The summed E-state index contributed by atoms with van der Waals surface area (Å²) >= 11 is 0. The van der Waals surface area contributed by atoms with E-state index in [9.17, 15) is 9.59 Å². The number of methoxy groups -OCH3 is 1. The van der Waals surface area contributed by atoms with Crippen molar-refractivity contribution in [2.24, 2.45) is 0 Å². The molecule has 5 nitrogen and oxygen atoms in total. The minimum atomic E-state index is -0.292. The molecule has 2 N–H and O–H groups in total. The number of carbonyl (C=O) groups excluding carboxylic acids is 1. The van der Waals surface area contributed by atoms with Crippen molar-refractivity contribution < 1.29 is 9.53 Å². The largest absolute Gasteiger partial charge is 0.496 e. The number of rotatable bonds is 3. The second-order valence-corrected chi connectivity index (χ2v) is 3.60. The maximum Gasteiger partial charge on any atom is 0.259 e. The van der Waals surface area contributed by atoms with Gasteiger partial charge in [-0.15, -0.1) is 0 Å². The third-order valence-corrected chi connectivity index (χ3v) is 2.39. The second-order valence-electron chi connectivity index (χ2n) is 3.60. The first-order chi connectivity index (χ1) is 8.70. The Bertz CT molecular complexity index is 599. The third-order valence-electron chi connectivity index (χ3n) is 2.39. The van der Waals surface area contributed by atoms with Gasteiger partial charge in [-0.2, -0.15) is 0 Å². The van der Waals surface area contributed by atoms with Crippen molar-refractivity contribution in [3.05, 3.63) is 58.5 Å². The smallest absolute Gasteiger partial charge is 0.259 e. The highest BCUT2D eigenvalue weighted by Crippen LogP contribution is 2.18. The molecule has 0 fully saturated rings. The Morgan fingerprint density at radius 2 is 2.00 bits per heavy atom. The van der Waals surface area contributed by atoms with Crippen molar-refractivity contribution in [2.45, 2.75) is 0 Å². The maximum absolute atomic E-state index is 12.0. The van der Waals surface area contributed by atoms with Gasteiger partial charge in [0.15, 0.2) is 0 Å². The van der Waals surface area contributed by atoms with Crippen molar-refractivity contribution >= 4 is 11.6 Å². The highest BCUT2D eigenvalue weighted by molar-refractivity contribution is 6.06. The molecule has 1 aromatic heterocycles. The molecule has 1 heterocycles. The summed E-state index contributed by atoms with van der Waals surface area (Å²) in [5, 5.41) is 2.67. The highest BCUT2D eigenvalue weighted by atomic mass is 16.5. The van der Waals surface area contributed by atoms with E-state index in [0.717, 1.165) is 0 Å². The summed E-state index contributed by atoms with van der Waals surface area (Å²) in [5.41, 5.74) is 0.738. The Morgan fingerprint density at radius 1 is 1.22 bits per heavy atom. The summed E-state index contributed by atoms with van der Waals surface area (Å²) in [6, 6.07) is 9.80. The number of ether oxygens (including phenoxy) is 1. The number of amides is 1. The molecule has 0 saturated heterocycles. The molecular formula is C13H12N2O3. The molecule has 0 radical (unpaired) electrons. The van der Waals surface area contributed by atoms with Gasteiger partial charge in [0.25, 0.3) is 5.91 Å². The summed E-state index contributed by atoms with van der Waals surface area (Å²) < 4.78 is 5.10. The van der Waals surface area contributed by atoms with Crippen LogP contribution in [0.2, 0.25) is 0 Å². The molecule has 0 aliphatic carbocycles. The average Bonchev–Trinajstić information content (AvgIpc) is 2.41. The number of carbonyl (C=O) groups is 1. The fourth-order valence-corrected chi connectivity index (χ4v) is 1.52. The van der Waals surface area contributed by atoms with Crippen LogP contribution in [0.3, 0.4) is 0 Å².